The summed E-state index contributed by atoms with van der Waals surface area (Å²) in [5, 5.41) is 7.13. The van der Waals surface area contributed by atoms with E-state index in [-0.39, 0.29) is 5.91 Å². The lowest BCUT2D eigenvalue weighted by molar-refractivity contribution is 0.0949. The van der Waals surface area contributed by atoms with Crippen LogP contribution < -0.4 is 5.32 Å². The van der Waals surface area contributed by atoms with Crippen molar-refractivity contribution in [2.45, 2.75) is 38.6 Å². The molecule has 1 aromatic carbocycles. The van der Waals surface area contributed by atoms with E-state index in [0.29, 0.717) is 12.1 Å². The molecular weight excluding hydrogens is 314 g/mol. The molecule has 0 fully saturated rings. The van der Waals surface area contributed by atoms with E-state index in [2.05, 4.69) is 27.6 Å². The quantitative estimate of drug-likeness (QED) is 0.751. The lowest BCUT2D eigenvalue weighted by Crippen LogP contribution is -2.24. The van der Waals surface area contributed by atoms with Gasteiger partial charge in [0.05, 0.1) is 12.1 Å². The number of nitrogens with one attached hydrogen (secondary N) is 2. The number of fused-ring (bicyclic) bond motifs is 1. The summed E-state index contributed by atoms with van der Waals surface area (Å²) in [6.07, 6.45) is 8.63. The first-order valence-electron chi connectivity index (χ1n) is 8.75. The van der Waals surface area contributed by atoms with Crippen LogP contribution in [-0.2, 0) is 25.8 Å². The monoisotopic (exact) mass is 335 g/mol. The molecule has 0 saturated heterocycles. The fourth-order valence-corrected chi connectivity index (χ4v) is 3.42. The van der Waals surface area contributed by atoms with Crippen molar-refractivity contribution in [1.82, 2.24) is 15.5 Å². The number of nitrogens with zero attached hydrogens (tertiary/aromatic N) is 1. The molecule has 1 aliphatic carbocycles. The third-order valence-corrected chi connectivity index (χ3v) is 4.76. The van der Waals surface area contributed by atoms with Gasteiger partial charge in [0.25, 0.3) is 5.91 Å². The molecule has 2 heterocycles. The Morgan fingerprint density at radius 2 is 2.00 bits per heavy atom. The van der Waals surface area contributed by atoms with Crippen LogP contribution in [0.1, 0.15) is 51.3 Å². The van der Waals surface area contributed by atoms with Crippen molar-refractivity contribution in [3.63, 3.8) is 0 Å². The Labute approximate surface area is 146 Å². The summed E-state index contributed by atoms with van der Waals surface area (Å²) < 4.78 is 5.41. The third-order valence-electron chi connectivity index (χ3n) is 4.76. The van der Waals surface area contributed by atoms with Gasteiger partial charge in [-0.05, 0) is 36.8 Å². The average Bonchev–Trinajstić information content (AvgIpc) is 3.27. The molecular formula is C20H21N3O2. The number of hydrogen-bond acceptors (Lipinski definition) is 3. The number of rotatable bonds is 5. The zero-order valence-corrected chi connectivity index (χ0v) is 14.0. The van der Waals surface area contributed by atoms with Crippen LogP contribution in [-0.4, -0.2) is 16.0 Å². The highest BCUT2D eigenvalue weighted by Gasteiger charge is 2.20. The van der Waals surface area contributed by atoms with Crippen LogP contribution >= 0.6 is 0 Å². The van der Waals surface area contributed by atoms with Crippen LogP contribution in [0.4, 0.5) is 0 Å². The summed E-state index contributed by atoms with van der Waals surface area (Å²) in [7, 11) is 0. The number of aromatic amines is 1. The van der Waals surface area contributed by atoms with Crippen LogP contribution in [0, 0.1) is 0 Å². The standard InChI is InChI=1S/C20H21N3O2/c24-20(22-13-18-16-8-4-5-9-19(16)25-23-18)17-12-21-11-15(17)10-14-6-2-1-3-7-14/h1-3,6-7,11-12,21H,4-5,8-10,13H2,(H,22,24). The Morgan fingerprint density at radius 3 is 2.88 bits per heavy atom. The van der Waals surface area contributed by atoms with Gasteiger partial charge in [-0.15, -0.1) is 0 Å². The number of aromatic nitrogens is 2. The molecule has 2 N–H and O–H groups in total. The van der Waals surface area contributed by atoms with Crippen LogP contribution in [0.2, 0.25) is 0 Å². The number of benzene rings is 1. The highest BCUT2D eigenvalue weighted by Crippen LogP contribution is 2.24. The van der Waals surface area contributed by atoms with Gasteiger partial charge in [0, 0.05) is 24.4 Å². The number of H-pyrrole nitrogens is 1. The average molecular weight is 335 g/mol. The van der Waals surface area contributed by atoms with Gasteiger partial charge in [-0.1, -0.05) is 35.5 Å². The van der Waals surface area contributed by atoms with Crippen molar-refractivity contribution < 1.29 is 9.32 Å². The molecule has 128 valence electrons. The molecule has 0 aliphatic heterocycles. The maximum atomic E-state index is 12.6. The van der Waals surface area contributed by atoms with Crippen molar-refractivity contribution in [3.8, 4) is 0 Å². The lowest BCUT2D eigenvalue weighted by Gasteiger charge is -2.10. The first kappa shape index (κ1) is 15.7. The SMILES string of the molecule is O=C(NCc1noc2c1CCCC2)c1c[nH]cc1Cc1ccccc1. The zero-order valence-electron chi connectivity index (χ0n) is 14.0. The van der Waals surface area contributed by atoms with E-state index >= 15 is 0 Å². The van der Waals surface area contributed by atoms with E-state index in [1.807, 2.05) is 24.4 Å². The smallest absolute Gasteiger partial charge is 0.253 e. The van der Waals surface area contributed by atoms with Crippen LogP contribution in [0.5, 0.6) is 0 Å². The van der Waals surface area contributed by atoms with E-state index in [4.69, 9.17) is 4.52 Å². The van der Waals surface area contributed by atoms with E-state index in [1.54, 1.807) is 6.20 Å². The second kappa shape index (κ2) is 6.97. The van der Waals surface area contributed by atoms with Crippen molar-refractivity contribution in [1.29, 1.82) is 0 Å². The van der Waals surface area contributed by atoms with Crippen molar-refractivity contribution in [2.24, 2.45) is 0 Å². The molecule has 0 saturated carbocycles. The highest BCUT2D eigenvalue weighted by atomic mass is 16.5. The van der Waals surface area contributed by atoms with Gasteiger partial charge < -0.3 is 14.8 Å². The second-order valence-corrected chi connectivity index (χ2v) is 6.48. The predicted octanol–water partition coefficient (Wildman–Crippen LogP) is 3.40. The van der Waals surface area contributed by atoms with Gasteiger partial charge >= 0.3 is 0 Å². The summed E-state index contributed by atoms with van der Waals surface area (Å²) in [6.45, 7) is 0.410. The van der Waals surface area contributed by atoms with Gasteiger partial charge in [-0.3, -0.25) is 4.79 Å². The van der Waals surface area contributed by atoms with Crippen molar-refractivity contribution in [2.75, 3.05) is 0 Å². The van der Waals surface area contributed by atoms with Crippen molar-refractivity contribution >= 4 is 5.91 Å². The highest BCUT2D eigenvalue weighted by molar-refractivity contribution is 5.95. The predicted molar refractivity (Wildman–Crippen MR) is 94.4 cm³/mol. The third kappa shape index (κ3) is 3.36. The fraction of sp³-hybridized carbons (Fsp3) is 0.300. The number of carbonyl (C=O) groups is 1. The summed E-state index contributed by atoms with van der Waals surface area (Å²) in [5.41, 5.74) is 4.90. The number of amides is 1. The molecule has 0 radical (unpaired) electrons. The first-order valence-corrected chi connectivity index (χ1v) is 8.75. The summed E-state index contributed by atoms with van der Waals surface area (Å²) >= 11 is 0. The minimum Gasteiger partial charge on any atom is -0.367 e. The molecule has 2 aromatic heterocycles. The minimum absolute atomic E-state index is 0.0836. The molecule has 0 unspecified atom stereocenters. The molecule has 4 rings (SSSR count). The molecule has 5 heteroatoms. The van der Waals surface area contributed by atoms with Crippen LogP contribution in [0.25, 0.3) is 0 Å². The maximum absolute atomic E-state index is 12.6. The molecule has 0 bridgehead atoms. The summed E-state index contributed by atoms with van der Waals surface area (Å²) in [4.78, 5) is 15.6. The lowest BCUT2D eigenvalue weighted by atomic mass is 9.96. The molecule has 5 nitrogen and oxygen atoms in total. The van der Waals surface area contributed by atoms with Crippen LogP contribution in [0.3, 0.4) is 0 Å². The molecule has 1 amide bonds. The van der Waals surface area contributed by atoms with Gasteiger partial charge in [-0.2, -0.15) is 0 Å². The minimum atomic E-state index is -0.0836. The van der Waals surface area contributed by atoms with Gasteiger partial charge in [0.1, 0.15) is 11.5 Å². The second-order valence-electron chi connectivity index (χ2n) is 6.48. The van der Waals surface area contributed by atoms with E-state index < -0.39 is 0 Å². The normalized spacial score (nSPS) is 13.4. The summed E-state index contributed by atoms with van der Waals surface area (Å²) in [6, 6.07) is 10.1. The number of hydrogen-bond donors (Lipinski definition) is 2. The topological polar surface area (TPSA) is 70.9 Å². The zero-order chi connectivity index (χ0) is 17.1. The molecule has 0 atom stereocenters. The molecule has 1 aliphatic rings. The van der Waals surface area contributed by atoms with Gasteiger partial charge in [0.15, 0.2) is 0 Å². The fourth-order valence-electron chi connectivity index (χ4n) is 3.42. The Kier molecular flexibility index (Phi) is 4.37. The number of aryl methyl sites for hydroxylation is 1. The maximum Gasteiger partial charge on any atom is 0.253 e. The number of carbonyl (C=O) groups excluding carboxylic acids is 1. The largest absolute Gasteiger partial charge is 0.367 e. The van der Waals surface area contributed by atoms with Crippen molar-refractivity contribution in [3.05, 3.63) is 76.4 Å². The van der Waals surface area contributed by atoms with Crippen LogP contribution in [0.15, 0.2) is 47.2 Å². The first-order chi connectivity index (χ1) is 12.3. The van der Waals surface area contributed by atoms with Gasteiger partial charge in [-0.25, -0.2) is 0 Å². The van der Waals surface area contributed by atoms with E-state index in [1.165, 1.54) is 11.1 Å². The molecule has 25 heavy (non-hydrogen) atoms. The summed E-state index contributed by atoms with van der Waals surface area (Å²) in [5.74, 6) is 0.904. The Balaban J connectivity index is 1.44. The molecule has 3 aromatic rings. The van der Waals surface area contributed by atoms with Gasteiger partial charge in [0.2, 0.25) is 0 Å². The van der Waals surface area contributed by atoms with E-state index in [9.17, 15) is 4.79 Å². The Bertz CT molecular complexity index is 864. The van der Waals surface area contributed by atoms with E-state index in [0.717, 1.165) is 49.1 Å². The molecule has 0 spiro atoms. The Hall–Kier alpha value is -2.82. The Morgan fingerprint density at radius 1 is 1.16 bits per heavy atom.